The zero-order valence-electron chi connectivity index (χ0n) is 18.8. The van der Waals surface area contributed by atoms with Crippen LogP contribution in [0.2, 0.25) is 0 Å². The van der Waals surface area contributed by atoms with Gasteiger partial charge in [-0.3, -0.25) is 14.4 Å². The van der Waals surface area contributed by atoms with E-state index in [2.05, 4.69) is 5.10 Å². The highest BCUT2D eigenvalue weighted by atomic mass is 16.5. The van der Waals surface area contributed by atoms with Crippen molar-refractivity contribution < 1.29 is 19.1 Å². The summed E-state index contributed by atoms with van der Waals surface area (Å²) in [5.74, 6) is -2.16. The number of ketones is 1. The predicted octanol–water partition coefficient (Wildman–Crippen LogP) is 3.79. The molecule has 7 heteroatoms. The van der Waals surface area contributed by atoms with Crippen LogP contribution in [0.1, 0.15) is 29.3 Å². The number of ether oxygens (including phenoxy) is 1. The second-order valence-electron chi connectivity index (χ2n) is 7.89. The summed E-state index contributed by atoms with van der Waals surface area (Å²) < 4.78 is 5.03. The van der Waals surface area contributed by atoms with Crippen molar-refractivity contribution >= 4 is 40.7 Å². The van der Waals surface area contributed by atoms with Crippen LogP contribution in [0.3, 0.4) is 0 Å². The van der Waals surface area contributed by atoms with Gasteiger partial charge in [-0.1, -0.05) is 72.8 Å². The van der Waals surface area contributed by atoms with Gasteiger partial charge in [0.15, 0.2) is 5.78 Å². The molecule has 1 aliphatic rings. The number of hydrazone groups is 1. The van der Waals surface area contributed by atoms with E-state index in [4.69, 9.17) is 10.5 Å². The summed E-state index contributed by atoms with van der Waals surface area (Å²) in [6.45, 7) is 1.89. The Morgan fingerprint density at radius 3 is 2.47 bits per heavy atom. The smallest absolute Gasteiger partial charge is 0.318 e. The van der Waals surface area contributed by atoms with Gasteiger partial charge in [-0.15, -0.1) is 0 Å². The second-order valence-corrected chi connectivity index (χ2v) is 7.89. The molecule has 0 spiro atoms. The lowest BCUT2D eigenvalue weighted by atomic mass is 9.97. The standard InChI is InChI=1S/C27H25N3O4/c1-2-34-27(33)23-17-29-30(25(23)28)26(32)21(16-24(31)19-10-4-3-5-11-19)15-20-13-8-12-18-9-6-7-14-22(18)20/h3-15,17,23,25H,2,16,28H2,1H3/b21-15+. The number of amides is 1. The molecule has 1 amide bonds. The Bertz CT molecular complexity index is 1280. The highest BCUT2D eigenvalue weighted by Crippen LogP contribution is 2.25. The molecule has 0 saturated carbocycles. The van der Waals surface area contributed by atoms with E-state index < -0.39 is 24.0 Å². The molecule has 3 aromatic rings. The minimum absolute atomic E-state index is 0.144. The van der Waals surface area contributed by atoms with Crippen molar-refractivity contribution in [2.45, 2.75) is 19.5 Å². The van der Waals surface area contributed by atoms with Crippen molar-refractivity contribution in [1.82, 2.24) is 5.01 Å². The number of carbonyl (C=O) groups is 3. The number of Topliss-reactive ketones (excluding diaryl/α,β-unsaturated/α-hetero) is 1. The Kier molecular flexibility index (Phi) is 6.94. The molecule has 172 valence electrons. The third-order valence-electron chi connectivity index (χ3n) is 5.64. The van der Waals surface area contributed by atoms with Gasteiger partial charge < -0.3 is 10.5 Å². The van der Waals surface area contributed by atoms with Crippen LogP contribution in [-0.4, -0.2) is 41.7 Å². The lowest BCUT2D eigenvalue weighted by Gasteiger charge is -2.22. The molecule has 2 unspecified atom stereocenters. The summed E-state index contributed by atoms with van der Waals surface area (Å²) in [6.07, 6.45) is 1.85. The third-order valence-corrected chi connectivity index (χ3v) is 5.64. The maximum Gasteiger partial charge on any atom is 0.318 e. The van der Waals surface area contributed by atoms with E-state index in [0.717, 1.165) is 21.3 Å². The van der Waals surface area contributed by atoms with Crippen molar-refractivity contribution in [1.29, 1.82) is 0 Å². The second kappa shape index (κ2) is 10.2. The molecule has 0 saturated heterocycles. The van der Waals surface area contributed by atoms with E-state index in [1.54, 1.807) is 37.3 Å². The number of hydrogen-bond donors (Lipinski definition) is 1. The predicted molar refractivity (Wildman–Crippen MR) is 131 cm³/mol. The minimum Gasteiger partial charge on any atom is -0.465 e. The number of fused-ring (bicyclic) bond motifs is 1. The topological polar surface area (TPSA) is 102 Å². The van der Waals surface area contributed by atoms with E-state index in [1.165, 1.54) is 6.21 Å². The van der Waals surface area contributed by atoms with Crippen LogP contribution in [0.25, 0.3) is 16.8 Å². The number of rotatable bonds is 7. The summed E-state index contributed by atoms with van der Waals surface area (Å²) in [6, 6.07) is 22.3. The molecular formula is C27H25N3O4. The normalized spacial score (nSPS) is 17.7. The van der Waals surface area contributed by atoms with Crippen molar-refractivity contribution in [3.8, 4) is 0 Å². The zero-order chi connectivity index (χ0) is 24.1. The maximum atomic E-state index is 13.5. The van der Waals surface area contributed by atoms with E-state index in [0.29, 0.717) is 5.56 Å². The number of esters is 1. The molecule has 34 heavy (non-hydrogen) atoms. The first-order valence-electron chi connectivity index (χ1n) is 11.1. The average Bonchev–Trinajstić information content (AvgIpc) is 3.25. The van der Waals surface area contributed by atoms with Crippen molar-refractivity contribution in [2.24, 2.45) is 16.8 Å². The Morgan fingerprint density at radius 2 is 1.71 bits per heavy atom. The fraction of sp³-hybridized carbons (Fsp3) is 0.185. The van der Waals surface area contributed by atoms with E-state index in [1.807, 2.05) is 48.5 Å². The average molecular weight is 456 g/mol. The molecule has 0 fully saturated rings. The van der Waals surface area contributed by atoms with Gasteiger partial charge in [0.2, 0.25) is 0 Å². The molecule has 0 bridgehead atoms. The van der Waals surface area contributed by atoms with Gasteiger partial charge in [-0.05, 0) is 29.3 Å². The lowest BCUT2D eigenvalue weighted by molar-refractivity contribution is -0.147. The Morgan fingerprint density at radius 1 is 1.00 bits per heavy atom. The number of hydrogen-bond acceptors (Lipinski definition) is 6. The highest BCUT2D eigenvalue weighted by Gasteiger charge is 2.38. The Labute approximate surface area is 197 Å². The summed E-state index contributed by atoms with van der Waals surface area (Å²) in [7, 11) is 0. The molecule has 0 aliphatic carbocycles. The molecule has 3 aromatic carbocycles. The molecule has 1 aliphatic heterocycles. The molecule has 2 atom stereocenters. The molecule has 7 nitrogen and oxygen atoms in total. The van der Waals surface area contributed by atoms with Crippen molar-refractivity contribution in [3.05, 3.63) is 89.5 Å². The van der Waals surface area contributed by atoms with Gasteiger partial charge in [0.1, 0.15) is 12.1 Å². The van der Waals surface area contributed by atoms with E-state index >= 15 is 0 Å². The van der Waals surface area contributed by atoms with E-state index in [9.17, 15) is 14.4 Å². The van der Waals surface area contributed by atoms with Crippen LogP contribution in [0, 0.1) is 5.92 Å². The van der Waals surface area contributed by atoms with Crippen LogP contribution >= 0.6 is 0 Å². The van der Waals surface area contributed by atoms with Crippen LogP contribution < -0.4 is 5.73 Å². The first-order valence-corrected chi connectivity index (χ1v) is 11.1. The number of nitrogens with zero attached hydrogens (tertiary/aromatic N) is 2. The van der Waals surface area contributed by atoms with Crippen molar-refractivity contribution in [2.75, 3.05) is 6.61 Å². The van der Waals surface area contributed by atoms with Crippen LogP contribution in [0.4, 0.5) is 0 Å². The number of carbonyl (C=O) groups excluding carboxylic acids is 3. The molecular weight excluding hydrogens is 430 g/mol. The molecule has 1 heterocycles. The summed E-state index contributed by atoms with van der Waals surface area (Å²) >= 11 is 0. The number of nitrogens with two attached hydrogens (primary N) is 1. The molecule has 2 N–H and O–H groups in total. The zero-order valence-corrected chi connectivity index (χ0v) is 18.8. The van der Waals surface area contributed by atoms with Crippen LogP contribution in [0.15, 0.2) is 83.5 Å². The fourth-order valence-corrected chi connectivity index (χ4v) is 3.89. The third kappa shape index (κ3) is 4.79. The monoisotopic (exact) mass is 455 g/mol. The lowest BCUT2D eigenvalue weighted by Crippen LogP contribution is -2.46. The minimum atomic E-state index is -1.02. The van der Waals surface area contributed by atoms with Gasteiger partial charge in [0.25, 0.3) is 5.91 Å². The van der Waals surface area contributed by atoms with Gasteiger partial charge in [-0.2, -0.15) is 5.10 Å². The quantitative estimate of drug-likeness (QED) is 0.332. The fourth-order valence-electron chi connectivity index (χ4n) is 3.89. The van der Waals surface area contributed by atoms with Gasteiger partial charge >= 0.3 is 5.97 Å². The van der Waals surface area contributed by atoms with Crippen molar-refractivity contribution in [3.63, 3.8) is 0 Å². The van der Waals surface area contributed by atoms with Gasteiger partial charge in [0, 0.05) is 23.8 Å². The SMILES string of the molecule is CCOC(=O)C1C=NN(C(=O)/C(=C/c2cccc3ccccc23)CC(=O)c2ccccc2)C1N. The largest absolute Gasteiger partial charge is 0.465 e. The highest BCUT2D eigenvalue weighted by molar-refractivity contribution is 6.09. The summed E-state index contributed by atoms with van der Waals surface area (Å²) in [4.78, 5) is 38.8. The number of benzene rings is 3. The summed E-state index contributed by atoms with van der Waals surface area (Å²) in [5.41, 5.74) is 7.70. The van der Waals surface area contributed by atoms with E-state index in [-0.39, 0.29) is 24.4 Å². The van der Waals surface area contributed by atoms with Gasteiger partial charge in [-0.25, -0.2) is 5.01 Å². The molecule has 4 rings (SSSR count). The molecule has 0 aromatic heterocycles. The Hall–Kier alpha value is -4.10. The first-order chi connectivity index (χ1) is 16.5. The van der Waals surface area contributed by atoms with Crippen LogP contribution in [0.5, 0.6) is 0 Å². The maximum absolute atomic E-state index is 13.5. The van der Waals surface area contributed by atoms with Gasteiger partial charge in [0.05, 0.1) is 6.61 Å². The van der Waals surface area contributed by atoms with Crippen LogP contribution in [-0.2, 0) is 14.3 Å². The Balaban J connectivity index is 1.70. The first kappa shape index (κ1) is 23.1. The summed E-state index contributed by atoms with van der Waals surface area (Å²) in [5, 5.41) is 7.09. The molecule has 0 radical (unpaired) electrons.